The lowest BCUT2D eigenvalue weighted by molar-refractivity contribution is -0.0333. The normalized spacial score (nSPS) is 20.6. The van der Waals surface area contributed by atoms with E-state index in [2.05, 4.69) is 15.2 Å². The second-order valence-electron chi connectivity index (χ2n) is 10.1. The zero-order valence-corrected chi connectivity index (χ0v) is 23.0. The Bertz CT molecular complexity index is 1210. The van der Waals surface area contributed by atoms with Crippen molar-refractivity contribution in [3.63, 3.8) is 0 Å². The molecule has 1 atom stereocenters. The molecule has 0 bridgehead atoms. The molecule has 3 aliphatic heterocycles. The molecule has 0 spiro atoms. The molecular formula is C27H32F4N4O4S. The summed E-state index contributed by atoms with van der Waals surface area (Å²) in [5.74, 6) is -0.109. The molecule has 3 aliphatic rings. The number of thioether (sulfide) groups is 1. The van der Waals surface area contributed by atoms with Crippen LogP contribution < -0.4 is 15.0 Å². The van der Waals surface area contributed by atoms with E-state index in [4.69, 9.17) is 14.2 Å². The van der Waals surface area contributed by atoms with Crippen molar-refractivity contribution in [2.75, 3.05) is 62.8 Å². The molecule has 2 aromatic rings. The summed E-state index contributed by atoms with van der Waals surface area (Å²) in [7, 11) is 0. The maximum Gasteiger partial charge on any atom is 0.442 e. The number of alkyl halides is 3. The maximum absolute atomic E-state index is 14.9. The molecule has 2 amide bonds. The highest BCUT2D eigenvalue weighted by Gasteiger charge is 2.37. The van der Waals surface area contributed by atoms with Gasteiger partial charge in [-0.1, -0.05) is 0 Å². The Morgan fingerprint density at radius 1 is 1.07 bits per heavy atom. The van der Waals surface area contributed by atoms with Gasteiger partial charge in [-0.3, -0.25) is 0 Å². The minimum absolute atomic E-state index is 0.000907. The largest absolute Gasteiger partial charge is 0.473 e. The number of nitrogens with one attached hydrogen (secondary N) is 1. The summed E-state index contributed by atoms with van der Waals surface area (Å²) in [6, 6.07) is 4.20. The van der Waals surface area contributed by atoms with Crippen LogP contribution in [0.2, 0.25) is 0 Å². The first-order valence-corrected chi connectivity index (χ1v) is 14.2. The van der Waals surface area contributed by atoms with E-state index in [-0.39, 0.29) is 43.1 Å². The molecule has 0 radical (unpaired) electrons. The van der Waals surface area contributed by atoms with Crippen LogP contribution in [0.3, 0.4) is 0 Å². The first-order valence-electron chi connectivity index (χ1n) is 13.3. The molecule has 1 aromatic heterocycles. The van der Waals surface area contributed by atoms with Crippen molar-refractivity contribution in [3.8, 4) is 17.0 Å². The Morgan fingerprint density at radius 3 is 2.52 bits per heavy atom. The second-order valence-corrected chi connectivity index (χ2v) is 11.4. The highest BCUT2D eigenvalue weighted by atomic mass is 32.2. The fourth-order valence-corrected chi connectivity index (χ4v) is 5.99. The maximum atomic E-state index is 14.9. The molecule has 4 heterocycles. The number of ether oxygens (including phenoxy) is 3. The van der Waals surface area contributed by atoms with Gasteiger partial charge in [-0.05, 0) is 54.4 Å². The number of nitrogens with zero attached hydrogens (tertiary/aromatic N) is 3. The van der Waals surface area contributed by atoms with Crippen LogP contribution in [0.15, 0.2) is 24.4 Å². The number of morpholine rings is 1. The first-order chi connectivity index (χ1) is 19.2. The van der Waals surface area contributed by atoms with Crippen molar-refractivity contribution in [1.82, 2.24) is 9.88 Å². The molecule has 0 aliphatic carbocycles. The number of rotatable bonds is 6. The lowest BCUT2D eigenvalue weighted by Crippen LogP contribution is -2.37. The molecule has 0 saturated carbocycles. The number of aryl methyl sites for hydroxylation is 1. The van der Waals surface area contributed by atoms with Gasteiger partial charge in [0.05, 0.1) is 32.1 Å². The number of hydrogen-bond acceptors (Lipinski definition) is 7. The molecule has 5 rings (SSSR count). The van der Waals surface area contributed by atoms with Crippen molar-refractivity contribution in [2.45, 2.75) is 43.0 Å². The number of urea groups is 1. The topological polar surface area (TPSA) is 76.2 Å². The van der Waals surface area contributed by atoms with E-state index in [1.807, 2.05) is 6.07 Å². The third-order valence-corrected chi connectivity index (χ3v) is 8.22. The Balaban J connectivity index is 1.37. The fraction of sp³-hybridized carbons (Fsp3) is 0.556. The number of benzene rings is 1. The lowest BCUT2D eigenvalue weighted by atomic mass is 10.00. The molecule has 1 aromatic carbocycles. The monoisotopic (exact) mass is 584 g/mol. The molecule has 40 heavy (non-hydrogen) atoms. The van der Waals surface area contributed by atoms with E-state index < -0.39 is 22.6 Å². The highest BCUT2D eigenvalue weighted by molar-refractivity contribution is 8.00. The van der Waals surface area contributed by atoms with Gasteiger partial charge in [-0.2, -0.15) is 13.2 Å². The number of halogens is 4. The van der Waals surface area contributed by atoms with E-state index in [0.29, 0.717) is 56.5 Å². The van der Waals surface area contributed by atoms with Crippen LogP contribution in [0.4, 0.5) is 33.7 Å². The number of hydrogen-bond donors (Lipinski definition) is 1. The van der Waals surface area contributed by atoms with Crippen molar-refractivity contribution in [1.29, 1.82) is 0 Å². The van der Waals surface area contributed by atoms with Crippen LogP contribution in [0.25, 0.3) is 11.1 Å². The zero-order chi connectivity index (χ0) is 28.3. The third-order valence-electron chi connectivity index (χ3n) is 7.23. The summed E-state index contributed by atoms with van der Waals surface area (Å²) in [5, 5.41) is 1.81. The molecule has 1 N–H and O–H groups in total. The molecular weight excluding hydrogens is 552 g/mol. The summed E-state index contributed by atoms with van der Waals surface area (Å²) < 4.78 is 70.4. The highest BCUT2D eigenvalue weighted by Crippen LogP contribution is 2.38. The van der Waals surface area contributed by atoms with E-state index in [1.165, 1.54) is 11.0 Å². The summed E-state index contributed by atoms with van der Waals surface area (Å²) in [6.07, 6.45) is 3.44. The van der Waals surface area contributed by atoms with Crippen LogP contribution in [-0.4, -0.2) is 85.4 Å². The van der Waals surface area contributed by atoms with Gasteiger partial charge in [0.25, 0.3) is 0 Å². The molecule has 0 unspecified atom stereocenters. The second kappa shape index (κ2) is 12.4. The van der Waals surface area contributed by atoms with Gasteiger partial charge in [0.15, 0.2) is 0 Å². The number of pyridine rings is 1. The van der Waals surface area contributed by atoms with Crippen molar-refractivity contribution < 1.29 is 36.6 Å². The van der Waals surface area contributed by atoms with Crippen LogP contribution in [0.1, 0.15) is 24.8 Å². The minimum Gasteiger partial charge on any atom is -0.473 e. The van der Waals surface area contributed by atoms with Gasteiger partial charge >= 0.3 is 11.5 Å². The lowest BCUT2D eigenvalue weighted by Gasteiger charge is -2.31. The van der Waals surface area contributed by atoms with Gasteiger partial charge in [-0.15, -0.1) is 0 Å². The molecule has 3 fully saturated rings. The fourth-order valence-electron chi connectivity index (χ4n) is 5.13. The molecule has 218 valence electrons. The summed E-state index contributed by atoms with van der Waals surface area (Å²) in [4.78, 5) is 20.9. The van der Waals surface area contributed by atoms with Gasteiger partial charge in [-0.25, -0.2) is 14.2 Å². The minimum atomic E-state index is -4.37. The van der Waals surface area contributed by atoms with Gasteiger partial charge in [0.1, 0.15) is 17.6 Å². The van der Waals surface area contributed by atoms with Crippen molar-refractivity contribution >= 4 is 29.2 Å². The predicted octanol–water partition coefficient (Wildman–Crippen LogP) is 5.45. The predicted molar refractivity (Wildman–Crippen MR) is 145 cm³/mol. The van der Waals surface area contributed by atoms with Crippen LogP contribution >= 0.6 is 11.8 Å². The molecule has 8 nitrogen and oxygen atoms in total. The average Bonchev–Trinajstić information content (AvgIpc) is 3.39. The van der Waals surface area contributed by atoms with Crippen molar-refractivity contribution in [2.24, 2.45) is 0 Å². The zero-order valence-electron chi connectivity index (χ0n) is 22.1. The SMILES string of the molecule is Cc1cc(F)c(NC(=O)N2CC[C@H](SC(F)(F)F)C2)cc1-c1cnc(OC2CCOCC2)c(N2CCOCC2)c1. The number of carbonyl (C=O) groups excluding carboxylic acids is 1. The molecule has 3 saturated heterocycles. The Morgan fingerprint density at radius 2 is 1.80 bits per heavy atom. The van der Waals surface area contributed by atoms with Crippen LogP contribution in [0.5, 0.6) is 5.88 Å². The van der Waals surface area contributed by atoms with Gasteiger partial charge in [0.2, 0.25) is 5.88 Å². The van der Waals surface area contributed by atoms with E-state index >= 15 is 0 Å². The quantitative estimate of drug-likeness (QED) is 0.453. The summed E-state index contributed by atoms with van der Waals surface area (Å²) in [5.41, 5.74) is -1.57. The standard InChI is InChI=1S/C27H32F4N4O4S/c1-17-12-22(28)23(33-26(36)35-5-2-20(16-35)40-27(29,30)31)14-21(17)18-13-24(34-6-10-38-11-7-34)25(32-15-18)39-19-3-8-37-9-4-19/h12-15,19-20H,2-11,16H2,1H3,(H,33,36)/t20-/m0/s1. The molecule has 13 heteroatoms. The third kappa shape index (κ3) is 7.10. The average molecular weight is 585 g/mol. The number of carbonyl (C=O) groups is 1. The number of amides is 2. The Hall–Kier alpha value is -2.77. The van der Waals surface area contributed by atoms with E-state index in [0.717, 1.165) is 24.1 Å². The van der Waals surface area contributed by atoms with Crippen LogP contribution in [0, 0.1) is 12.7 Å². The number of anilines is 2. The van der Waals surface area contributed by atoms with E-state index in [1.54, 1.807) is 19.2 Å². The first kappa shape index (κ1) is 28.7. The summed E-state index contributed by atoms with van der Waals surface area (Å²) in [6.45, 7) is 5.64. The number of aromatic nitrogens is 1. The van der Waals surface area contributed by atoms with Crippen LogP contribution in [-0.2, 0) is 9.47 Å². The van der Waals surface area contributed by atoms with Crippen molar-refractivity contribution in [3.05, 3.63) is 35.8 Å². The van der Waals surface area contributed by atoms with Gasteiger partial charge in [0, 0.05) is 56.0 Å². The Kier molecular flexibility index (Phi) is 8.91. The smallest absolute Gasteiger partial charge is 0.442 e. The Labute approximate surface area is 234 Å². The van der Waals surface area contributed by atoms with E-state index in [9.17, 15) is 22.4 Å². The van der Waals surface area contributed by atoms with Gasteiger partial charge < -0.3 is 29.3 Å². The summed E-state index contributed by atoms with van der Waals surface area (Å²) >= 11 is -0.109. The number of likely N-dealkylation sites (tertiary alicyclic amines) is 1.